The minimum Gasteiger partial charge on any atom is -0.393 e. The van der Waals surface area contributed by atoms with Gasteiger partial charge in [-0.25, -0.2) is 0 Å². The zero-order valence-corrected chi connectivity index (χ0v) is 16.2. The van der Waals surface area contributed by atoms with Crippen LogP contribution >= 0.6 is 0 Å². The Labute approximate surface area is 166 Å². The van der Waals surface area contributed by atoms with Crippen LogP contribution in [0.15, 0.2) is 30.3 Å². The third-order valence-corrected chi connectivity index (χ3v) is 6.99. The lowest BCUT2D eigenvalue weighted by Gasteiger charge is -2.58. The molecule has 2 bridgehead atoms. The smallest absolute Gasteiger partial charge is 0.226 e. The van der Waals surface area contributed by atoms with Gasteiger partial charge in [0.05, 0.1) is 23.0 Å². The Kier molecular flexibility index (Phi) is 6.10. The molecule has 2 aliphatic rings. The van der Waals surface area contributed by atoms with Crippen LogP contribution in [0.25, 0.3) is 0 Å². The van der Waals surface area contributed by atoms with E-state index >= 15 is 0 Å². The van der Waals surface area contributed by atoms with Crippen LogP contribution in [0, 0.1) is 23.7 Å². The van der Waals surface area contributed by atoms with Crippen LogP contribution < -0.4 is 11.5 Å². The summed E-state index contributed by atoms with van der Waals surface area (Å²) in [4.78, 5) is 24.9. The van der Waals surface area contributed by atoms with Gasteiger partial charge in [0.25, 0.3) is 0 Å². The SMILES string of the molecule is NC(=O)[C@@H](C[C@@H](O)[CH]Cc1ccccc1)[C@]1(O)C2CCCC1(C(N)=O)CCC2. The predicted octanol–water partition coefficient (Wildman–Crippen LogP) is 1.47. The third kappa shape index (κ3) is 3.55. The van der Waals surface area contributed by atoms with Crippen molar-refractivity contribution in [2.75, 3.05) is 0 Å². The fourth-order valence-corrected chi connectivity index (χ4v) is 5.60. The normalized spacial score (nSPS) is 31.7. The lowest BCUT2D eigenvalue weighted by atomic mass is 9.48. The molecule has 1 aromatic rings. The van der Waals surface area contributed by atoms with Crippen molar-refractivity contribution < 1.29 is 19.8 Å². The van der Waals surface area contributed by atoms with Crippen LogP contribution in [-0.4, -0.2) is 33.7 Å². The zero-order chi connectivity index (χ0) is 20.4. The van der Waals surface area contributed by atoms with E-state index in [0.29, 0.717) is 19.3 Å². The minimum atomic E-state index is -1.59. The van der Waals surface area contributed by atoms with Crippen molar-refractivity contribution in [2.24, 2.45) is 28.7 Å². The number of primary amides is 2. The summed E-state index contributed by atoms with van der Waals surface area (Å²) in [6.45, 7) is 0. The van der Waals surface area contributed by atoms with Gasteiger partial charge in [0.2, 0.25) is 11.8 Å². The number of carbonyl (C=O) groups is 2. The molecular formula is C22H31N2O4. The van der Waals surface area contributed by atoms with E-state index in [4.69, 9.17) is 11.5 Å². The number of hydrogen-bond donors (Lipinski definition) is 4. The summed E-state index contributed by atoms with van der Waals surface area (Å²) in [5.41, 5.74) is 9.76. The first kappa shape index (κ1) is 20.8. The molecule has 0 aliphatic heterocycles. The van der Waals surface area contributed by atoms with Crippen LogP contribution in [0.5, 0.6) is 0 Å². The molecule has 2 saturated carbocycles. The number of hydrogen-bond acceptors (Lipinski definition) is 4. The van der Waals surface area contributed by atoms with E-state index in [2.05, 4.69) is 0 Å². The number of aliphatic hydroxyl groups excluding tert-OH is 1. The second kappa shape index (κ2) is 8.21. The van der Waals surface area contributed by atoms with E-state index in [1.165, 1.54) is 0 Å². The van der Waals surface area contributed by atoms with Crippen molar-refractivity contribution in [3.63, 3.8) is 0 Å². The van der Waals surface area contributed by atoms with Crippen molar-refractivity contribution in [3.05, 3.63) is 42.3 Å². The Hall–Kier alpha value is -1.92. The molecular weight excluding hydrogens is 356 g/mol. The van der Waals surface area contributed by atoms with Gasteiger partial charge in [-0.1, -0.05) is 43.2 Å². The van der Waals surface area contributed by atoms with Gasteiger partial charge in [-0.15, -0.1) is 0 Å². The van der Waals surface area contributed by atoms with E-state index in [9.17, 15) is 19.8 Å². The Bertz CT molecular complexity index is 698. The number of benzene rings is 1. The molecule has 0 spiro atoms. The highest BCUT2D eigenvalue weighted by molar-refractivity contribution is 5.86. The summed E-state index contributed by atoms with van der Waals surface area (Å²) in [5.74, 6) is -2.48. The van der Waals surface area contributed by atoms with Crippen molar-refractivity contribution in [1.29, 1.82) is 0 Å². The van der Waals surface area contributed by atoms with Crippen LogP contribution in [-0.2, 0) is 16.0 Å². The summed E-state index contributed by atoms with van der Waals surface area (Å²) in [7, 11) is 0. The van der Waals surface area contributed by atoms with Crippen molar-refractivity contribution >= 4 is 11.8 Å². The number of nitrogens with two attached hydrogens (primary N) is 2. The molecule has 3 rings (SSSR count). The molecule has 2 fully saturated rings. The maximum Gasteiger partial charge on any atom is 0.226 e. The molecule has 6 heteroatoms. The highest BCUT2D eigenvalue weighted by Crippen LogP contribution is 2.59. The molecule has 3 atom stereocenters. The molecule has 2 amide bonds. The molecule has 0 heterocycles. The topological polar surface area (TPSA) is 127 Å². The van der Waals surface area contributed by atoms with Gasteiger partial charge in [0, 0.05) is 0 Å². The summed E-state index contributed by atoms with van der Waals surface area (Å²) >= 11 is 0. The molecule has 1 aromatic carbocycles. The lowest BCUT2D eigenvalue weighted by Crippen LogP contribution is -2.69. The zero-order valence-electron chi connectivity index (χ0n) is 16.2. The van der Waals surface area contributed by atoms with Crippen LogP contribution in [0.4, 0.5) is 0 Å². The van der Waals surface area contributed by atoms with Crippen LogP contribution in [0.2, 0.25) is 0 Å². The van der Waals surface area contributed by atoms with Gasteiger partial charge in [-0.2, -0.15) is 0 Å². The molecule has 2 aliphatic carbocycles. The van der Waals surface area contributed by atoms with E-state index in [1.807, 2.05) is 30.3 Å². The lowest BCUT2D eigenvalue weighted by molar-refractivity contribution is -0.212. The standard InChI is InChI=1S/C22H31N2O4/c23-19(26)18(14-17(25)11-10-15-6-2-1-3-7-15)22(28)16-8-4-12-21(22,20(24)27)13-5-9-16/h1-3,6-7,11,16-18,25,28H,4-5,8-10,12-14H2,(H2,23,26)(H2,24,27)/t16?,17-,18+,21?,22+/m0/s1. The predicted molar refractivity (Wildman–Crippen MR) is 106 cm³/mol. The summed E-state index contributed by atoms with van der Waals surface area (Å²) < 4.78 is 0. The van der Waals surface area contributed by atoms with Crippen molar-refractivity contribution in [3.8, 4) is 0 Å². The third-order valence-electron chi connectivity index (χ3n) is 6.99. The largest absolute Gasteiger partial charge is 0.393 e. The Balaban J connectivity index is 1.81. The first-order valence-corrected chi connectivity index (χ1v) is 10.2. The fraction of sp³-hybridized carbons (Fsp3) is 0.591. The number of carbonyl (C=O) groups excluding carboxylic acids is 2. The molecule has 28 heavy (non-hydrogen) atoms. The van der Waals surface area contributed by atoms with E-state index in [1.54, 1.807) is 6.42 Å². The summed E-state index contributed by atoms with van der Waals surface area (Å²) in [6.07, 6.45) is 5.30. The number of rotatable bonds is 8. The van der Waals surface area contributed by atoms with E-state index in [-0.39, 0.29) is 12.3 Å². The maximum absolute atomic E-state index is 12.5. The van der Waals surface area contributed by atoms with Gasteiger partial charge < -0.3 is 21.7 Å². The monoisotopic (exact) mass is 387 g/mol. The number of aliphatic hydroxyl groups is 2. The Morgan fingerprint density at radius 3 is 2.29 bits per heavy atom. The minimum absolute atomic E-state index is 0.00973. The molecule has 6 nitrogen and oxygen atoms in total. The first-order valence-electron chi connectivity index (χ1n) is 10.2. The second-order valence-electron chi connectivity index (χ2n) is 8.44. The molecule has 0 unspecified atom stereocenters. The Morgan fingerprint density at radius 2 is 1.75 bits per heavy atom. The van der Waals surface area contributed by atoms with Crippen molar-refractivity contribution in [1.82, 2.24) is 0 Å². The molecule has 6 N–H and O–H groups in total. The Morgan fingerprint density at radius 1 is 1.14 bits per heavy atom. The van der Waals surface area contributed by atoms with Gasteiger partial charge >= 0.3 is 0 Å². The second-order valence-corrected chi connectivity index (χ2v) is 8.44. The molecule has 153 valence electrons. The fourth-order valence-electron chi connectivity index (χ4n) is 5.60. The van der Waals surface area contributed by atoms with Gasteiger partial charge in [0.15, 0.2) is 0 Å². The van der Waals surface area contributed by atoms with Crippen molar-refractivity contribution in [2.45, 2.75) is 63.1 Å². The van der Waals surface area contributed by atoms with Gasteiger partial charge in [-0.3, -0.25) is 9.59 Å². The molecule has 0 aromatic heterocycles. The van der Waals surface area contributed by atoms with E-state index < -0.39 is 34.9 Å². The van der Waals surface area contributed by atoms with Gasteiger partial charge in [0.1, 0.15) is 0 Å². The highest BCUT2D eigenvalue weighted by Gasteiger charge is 2.65. The molecule has 0 saturated heterocycles. The summed E-state index contributed by atoms with van der Waals surface area (Å²) in [6, 6.07) is 9.67. The van der Waals surface area contributed by atoms with Crippen LogP contribution in [0.3, 0.4) is 0 Å². The highest BCUT2D eigenvalue weighted by atomic mass is 16.3. The van der Waals surface area contributed by atoms with Gasteiger partial charge in [-0.05, 0) is 56.4 Å². The number of amides is 2. The van der Waals surface area contributed by atoms with E-state index in [0.717, 1.165) is 31.2 Å². The first-order chi connectivity index (χ1) is 13.3. The number of fused-ring (bicyclic) bond motifs is 2. The maximum atomic E-state index is 12.5. The molecule has 1 radical (unpaired) electrons. The average molecular weight is 388 g/mol. The quantitative estimate of drug-likeness (QED) is 0.539. The van der Waals surface area contributed by atoms with Crippen LogP contribution in [0.1, 0.15) is 50.5 Å². The summed E-state index contributed by atoms with van der Waals surface area (Å²) in [5, 5.41) is 22.4. The average Bonchev–Trinajstić information content (AvgIpc) is 2.64.